The van der Waals surface area contributed by atoms with Crippen LogP contribution in [0.15, 0.2) is 180 Å². The number of benzene rings is 9. The van der Waals surface area contributed by atoms with E-state index in [4.69, 9.17) is 4.42 Å². The second-order valence-corrected chi connectivity index (χ2v) is 17.5. The normalized spacial score (nSPS) is 12.7. The van der Waals surface area contributed by atoms with E-state index in [1.807, 2.05) is 13.8 Å². The first-order valence-electron chi connectivity index (χ1n) is 23.3. The topological polar surface area (TPSA) is 18.1 Å². The lowest BCUT2D eigenvalue weighted by atomic mass is 9.88. The third-order valence-electron chi connectivity index (χ3n) is 13.3. The van der Waals surface area contributed by atoms with Crippen LogP contribution in [0.3, 0.4) is 0 Å². The van der Waals surface area contributed by atoms with Gasteiger partial charge >= 0.3 is 0 Å². The lowest BCUT2D eigenvalue weighted by Crippen LogP contribution is -2.29. The van der Waals surface area contributed by atoms with Crippen LogP contribution in [0, 0.1) is 19.8 Å². The molecule has 2 nitrogen and oxygen atoms in total. The molecule has 2 heterocycles. The number of hydrogen-bond acceptors (Lipinski definition) is 1. The molecule has 0 saturated heterocycles. The van der Waals surface area contributed by atoms with Gasteiger partial charge in [0.25, 0.3) is 0 Å². The number of aryl methyl sites for hydroxylation is 3. The molecule has 0 unspecified atom stereocenters. The van der Waals surface area contributed by atoms with Crippen LogP contribution in [0.2, 0.25) is 0 Å². The number of nitrogens with zero attached hydrogens (tertiary/aromatic N) is 1. The SMILES string of the molecule is C=c1/c(=C(/c2ccc3c(c2)c2ccccc2n3-c2ccccc2)C(C)C)c2ccccc2c2ccccc12.CC.Cc1ccccc1-c1cc2c(ccc3oc4c(c32)C=CCC4)cc1C. The van der Waals surface area contributed by atoms with E-state index in [2.05, 4.69) is 221 Å². The number of aromatic nitrogens is 1. The summed E-state index contributed by atoms with van der Waals surface area (Å²) < 4.78 is 8.52. The van der Waals surface area contributed by atoms with Crippen molar-refractivity contribution in [2.45, 2.75) is 54.4 Å². The number of rotatable bonds is 4. The Kier molecular flexibility index (Phi) is 11.1. The summed E-state index contributed by atoms with van der Waals surface area (Å²) >= 11 is 0. The van der Waals surface area contributed by atoms with Crippen LogP contribution in [-0.4, -0.2) is 4.57 Å². The maximum absolute atomic E-state index is 6.15. The third kappa shape index (κ3) is 7.15. The van der Waals surface area contributed by atoms with Gasteiger partial charge in [-0.05, 0) is 145 Å². The molecule has 0 aliphatic heterocycles. The molecular formula is C63H55NO. The predicted octanol–water partition coefficient (Wildman–Crippen LogP) is 16.2. The van der Waals surface area contributed by atoms with Crippen LogP contribution in [-0.2, 0) is 6.42 Å². The Morgan fingerprint density at radius 3 is 1.97 bits per heavy atom. The number of allylic oxidation sites excluding steroid dienone is 1. The molecule has 2 heteroatoms. The Balaban J connectivity index is 0.000000159. The summed E-state index contributed by atoms with van der Waals surface area (Å²) in [7, 11) is 0. The zero-order chi connectivity index (χ0) is 44.8. The minimum Gasteiger partial charge on any atom is -0.460 e. The summed E-state index contributed by atoms with van der Waals surface area (Å²) in [5.41, 5.74) is 13.8. The molecule has 318 valence electrons. The fourth-order valence-corrected chi connectivity index (χ4v) is 10.4. The molecule has 0 amide bonds. The summed E-state index contributed by atoms with van der Waals surface area (Å²) in [6.45, 7) is 17.6. The lowest BCUT2D eigenvalue weighted by Gasteiger charge is -2.16. The van der Waals surface area contributed by atoms with Crippen molar-refractivity contribution in [2.75, 3.05) is 0 Å². The average Bonchev–Trinajstić information content (AvgIpc) is 3.90. The van der Waals surface area contributed by atoms with Crippen LogP contribution >= 0.6 is 0 Å². The number of furan rings is 1. The molecule has 0 bridgehead atoms. The molecule has 0 fully saturated rings. The Morgan fingerprint density at radius 1 is 0.569 bits per heavy atom. The first-order valence-corrected chi connectivity index (χ1v) is 23.3. The molecular weight excluding hydrogens is 787 g/mol. The highest BCUT2D eigenvalue weighted by molar-refractivity contribution is 6.13. The van der Waals surface area contributed by atoms with Gasteiger partial charge in [-0.15, -0.1) is 0 Å². The van der Waals surface area contributed by atoms with E-state index in [9.17, 15) is 0 Å². The van der Waals surface area contributed by atoms with Crippen LogP contribution in [0.25, 0.3) is 100 Å². The molecule has 0 atom stereocenters. The van der Waals surface area contributed by atoms with Gasteiger partial charge in [-0.1, -0.05) is 174 Å². The van der Waals surface area contributed by atoms with E-state index in [0.717, 1.165) is 29.4 Å². The quantitative estimate of drug-likeness (QED) is 0.161. The van der Waals surface area contributed by atoms with E-state index in [1.165, 1.54) is 109 Å². The summed E-state index contributed by atoms with van der Waals surface area (Å²) in [6, 6.07) is 61.4. The van der Waals surface area contributed by atoms with Crippen molar-refractivity contribution >= 4 is 83.3 Å². The fourth-order valence-electron chi connectivity index (χ4n) is 10.4. The first kappa shape index (κ1) is 41.6. The highest BCUT2D eigenvalue weighted by Crippen LogP contribution is 2.40. The van der Waals surface area contributed by atoms with Crippen molar-refractivity contribution in [2.24, 2.45) is 5.92 Å². The number of para-hydroxylation sites is 2. The van der Waals surface area contributed by atoms with E-state index in [-0.39, 0.29) is 0 Å². The van der Waals surface area contributed by atoms with Gasteiger partial charge in [0.1, 0.15) is 11.3 Å². The van der Waals surface area contributed by atoms with Gasteiger partial charge in [-0.3, -0.25) is 0 Å². The van der Waals surface area contributed by atoms with Crippen molar-refractivity contribution in [3.8, 4) is 16.8 Å². The maximum atomic E-state index is 6.15. The van der Waals surface area contributed by atoms with Crippen molar-refractivity contribution in [3.05, 3.63) is 214 Å². The monoisotopic (exact) mass is 841 g/mol. The summed E-state index contributed by atoms with van der Waals surface area (Å²) in [6.07, 6.45) is 6.56. The lowest BCUT2D eigenvalue weighted by molar-refractivity contribution is 0.546. The third-order valence-corrected chi connectivity index (χ3v) is 13.3. The molecule has 12 rings (SSSR count). The molecule has 0 N–H and O–H groups in total. The first-order chi connectivity index (χ1) is 31.9. The highest BCUT2D eigenvalue weighted by atomic mass is 16.3. The molecule has 0 radical (unpaired) electrons. The largest absolute Gasteiger partial charge is 0.460 e. The van der Waals surface area contributed by atoms with Crippen molar-refractivity contribution < 1.29 is 4.42 Å². The Morgan fingerprint density at radius 2 is 1.22 bits per heavy atom. The van der Waals surface area contributed by atoms with Crippen molar-refractivity contribution in [1.82, 2.24) is 4.57 Å². The van der Waals surface area contributed by atoms with E-state index in [1.54, 1.807) is 0 Å². The molecule has 11 aromatic rings. The Hall–Kier alpha value is -7.42. The smallest absolute Gasteiger partial charge is 0.135 e. The van der Waals surface area contributed by atoms with E-state index < -0.39 is 0 Å². The van der Waals surface area contributed by atoms with Crippen LogP contribution in [0.1, 0.15) is 62.1 Å². The molecule has 1 aliphatic carbocycles. The number of hydrogen-bond donors (Lipinski definition) is 0. The van der Waals surface area contributed by atoms with Gasteiger partial charge in [-0.25, -0.2) is 0 Å². The molecule has 2 aromatic heterocycles. The second-order valence-electron chi connectivity index (χ2n) is 17.5. The van der Waals surface area contributed by atoms with Crippen LogP contribution in [0.4, 0.5) is 0 Å². The van der Waals surface area contributed by atoms with Crippen molar-refractivity contribution in [1.29, 1.82) is 0 Å². The van der Waals surface area contributed by atoms with Crippen LogP contribution < -0.4 is 10.4 Å². The van der Waals surface area contributed by atoms with Gasteiger partial charge in [0.2, 0.25) is 0 Å². The van der Waals surface area contributed by atoms with E-state index in [0.29, 0.717) is 5.92 Å². The van der Waals surface area contributed by atoms with Gasteiger partial charge in [0, 0.05) is 33.8 Å². The zero-order valence-corrected chi connectivity index (χ0v) is 38.4. The standard InChI is InChI=1S/C37H29N.C24H20O.C2H6/c1-24(2)36(37-25(3)28-15-7-8-16-29(28)30-17-9-10-19-32(30)37)26-21-22-35-33(23-26)31-18-11-12-20-34(31)38(35)27-13-5-4-6-14-27;1-15-7-3-4-8-18(15)20-14-21-17(13-16(20)2)11-12-23-24(21)19-9-5-6-10-22(19)25-23;1-2/h4-24H,3H2,1-2H3;3-5,7-9,11-14H,6,10H2,1-2H3;1-2H3/b37-36-;;. The number of fused-ring (bicyclic) bond motifs is 11. The Bertz CT molecular complexity index is 3750. The minimum absolute atomic E-state index is 0.319. The summed E-state index contributed by atoms with van der Waals surface area (Å²) in [5, 5.41) is 13.8. The zero-order valence-electron chi connectivity index (χ0n) is 38.4. The average molecular weight is 842 g/mol. The van der Waals surface area contributed by atoms with Crippen LogP contribution in [0.5, 0.6) is 0 Å². The molecule has 0 saturated carbocycles. The molecule has 0 spiro atoms. The maximum Gasteiger partial charge on any atom is 0.135 e. The molecule has 1 aliphatic rings. The highest BCUT2D eigenvalue weighted by Gasteiger charge is 2.19. The Labute approximate surface area is 382 Å². The van der Waals surface area contributed by atoms with Gasteiger partial charge < -0.3 is 8.98 Å². The fraction of sp³-hybridized carbons (Fsp3) is 0.143. The van der Waals surface area contributed by atoms with Gasteiger partial charge in [-0.2, -0.15) is 0 Å². The van der Waals surface area contributed by atoms with E-state index >= 15 is 0 Å². The second kappa shape index (κ2) is 17.3. The van der Waals surface area contributed by atoms with Gasteiger partial charge in [0.05, 0.1) is 11.0 Å². The minimum atomic E-state index is 0.319. The predicted molar refractivity (Wildman–Crippen MR) is 282 cm³/mol. The molecule has 65 heavy (non-hydrogen) atoms. The summed E-state index contributed by atoms with van der Waals surface area (Å²) in [5.74, 6) is 1.45. The van der Waals surface area contributed by atoms with Crippen molar-refractivity contribution in [3.63, 3.8) is 0 Å². The van der Waals surface area contributed by atoms with Gasteiger partial charge in [0.15, 0.2) is 0 Å². The molecule has 9 aromatic carbocycles. The summed E-state index contributed by atoms with van der Waals surface area (Å²) in [4.78, 5) is 0.